The Labute approximate surface area is 218 Å². The van der Waals surface area contributed by atoms with Gasteiger partial charge in [-0.25, -0.2) is 0 Å². The van der Waals surface area contributed by atoms with E-state index in [9.17, 15) is 13.2 Å². The molecule has 11 heteroatoms. The van der Waals surface area contributed by atoms with Crippen molar-refractivity contribution in [3.63, 3.8) is 0 Å². The summed E-state index contributed by atoms with van der Waals surface area (Å²) < 4.78 is 59.3. The highest BCUT2D eigenvalue weighted by Gasteiger charge is 2.32. The Hall–Kier alpha value is -2.82. The minimum atomic E-state index is -4.53. The van der Waals surface area contributed by atoms with E-state index in [0.29, 0.717) is 56.5 Å². The first-order valence-corrected chi connectivity index (χ1v) is 12.5. The van der Waals surface area contributed by atoms with Crippen LogP contribution in [0.25, 0.3) is 11.3 Å². The van der Waals surface area contributed by atoms with Gasteiger partial charge in [0.25, 0.3) is 0 Å². The molecule has 0 amide bonds. The Morgan fingerprint density at radius 2 is 2.05 bits per heavy atom. The molecule has 0 spiro atoms. The number of fused-ring (bicyclic) bond motifs is 1. The molecule has 4 heterocycles. The monoisotopic (exact) mass is 536 g/mol. The summed E-state index contributed by atoms with van der Waals surface area (Å²) in [5.41, 5.74) is 2.83. The summed E-state index contributed by atoms with van der Waals surface area (Å²) in [7, 11) is 1.89. The predicted octanol–water partition coefficient (Wildman–Crippen LogP) is 5.42. The van der Waals surface area contributed by atoms with Crippen LogP contribution in [0.1, 0.15) is 35.2 Å². The van der Waals surface area contributed by atoms with Gasteiger partial charge in [-0.1, -0.05) is 11.6 Å². The van der Waals surface area contributed by atoms with Crippen LogP contribution < -0.4 is 9.47 Å². The second-order valence-corrected chi connectivity index (χ2v) is 9.84. The molecule has 0 radical (unpaired) electrons. The molecule has 1 aromatic carbocycles. The number of halogens is 4. The molecule has 3 aromatic rings. The van der Waals surface area contributed by atoms with Crippen LogP contribution >= 0.6 is 11.6 Å². The van der Waals surface area contributed by atoms with Crippen molar-refractivity contribution in [2.75, 3.05) is 26.4 Å². The fourth-order valence-corrected chi connectivity index (χ4v) is 5.00. The van der Waals surface area contributed by atoms with Crippen molar-refractivity contribution < 1.29 is 27.4 Å². The lowest BCUT2D eigenvalue weighted by Crippen LogP contribution is -2.25. The third kappa shape index (κ3) is 5.86. The molecule has 5 rings (SSSR count). The Morgan fingerprint density at radius 1 is 1.22 bits per heavy atom. The SMILES string of the molecule is Cc1nn(C)cc1CN1CCOc2c(cc(-c3ncc(C(F)(F)F)cc3Cl)cc2OC[C@H]2CCCO2)C1. The topological polar surface area (TPSA) is 61.6 Å². The first-order valence-electron chi connectivity index (χ1n) is 12.2. The van der Waals surface area contributed by atoms with Crippen LogP contribution in [0.4, 0.5) is 13.2 Å². The number of hydrogen-bond donors (Lipinski definition) is 0. The Balaban J connectivity index is 1.49. The number of aromatic nitrogens is 3. The lowest BCUT2D eigenvalue weighted by Gasteiger charge is -2.20. The van der Waals surface area contributed by atoms with E-state index < -0.39 is 11.7 Å². The van der Waals surface area contributed by atoms with Crippen molar-refractivity contribution in [2.24, 2.45) is 7.05 Å². The number of hydrogen-bond acceptors (Lipinski definition) is 6. The zero-order valence-electron chi connectivity index (χ0n) is 20.6. The molecule has 2 aliphatic rings. The largest absolute Gasteiger partial charge is 0.488 e. The summed E-state index contributed by atoms with van der Waals surface area (Å²) in [6.07, 6.45) is 0.151. The molecule has 0 unspecified atom stereocenters. The van der Waals surface area contributed by atoms with Gasteiger partial charge in [0.15, 0.2) is 11.5 Å². The zero-order valence-corrected chi connectivity index (χ0v) is 21.4. The number of rotatable bonds is 6. The predicted molar refractivity (Wildman–Crippen MR) is 132 cm³/mol. The van der Waals surface area contributed by atoms with Crippen LogP contribution in [0, 0.1) is 6.92 Å². The first-order chi connectivity index (χ1) is 17.7. The zero-order chi connectivity index (χ0) is 26.2. The molecule has 0 aliphatic carbocycles. The first kappa shape index (κ1) is 25.8. The molecule has 0 saturated carbocycles. The second kappa shape index (κ2) is 10.5. The molecule has 37 heavy (non-hydrogen) atoms. The smallest absolute Gasteiger partial charge is 0.417 e. The van der Waals surface area contributed by atoms with Crippen LogP contribution in [0.15, 0.2) is 30.6 Å². The third-order valence-electron chi connectivity index (χ3n) is 6.58. The van der Waals surface area contributed by atoms with Crippen molar-refractivity contribution in [3.05, 3.63) is 58.0 Å². The average molecular weight is 537 g/mol. The quantitative estimate of drug-likeness (QED) is 0.419. The number of alkyl halides is 3. The Morgan fingerprint density at radius 3 is 2.73 bits per heavy atom. The van der Waals surface area contributed by atoms with E-state index in [1.54, 1.807) is 10.7 Å². The van der Waals surface area contributed by atoms with Gasteiger partial charge in [-0.3, -0.25) is 14.6 Å². The van der Waals surface area contributed by atoms with E-state index in [-0.39, 0.29) is 16.8 Å². The Bertz CT molecular complexity index is 1270. The van der Waals surface area contributed by atoms with Gasteiger partial charge in [0, 0.05) is 62.4 Å². The molecule has 1 atom stereocenters. The maximum atomic E-state index is 13.2. The molecular formula is C26H28ClF3N4O3. The van der Waals surface area contributed by atoms with E-state index in [0.717, 1.165) is 41.9 Å². The number of benzene rings is 1. The van der Waals surface area contributed by atoms with Crippen LogP contribution in [-0.2, 0) is 31.1 Å². The van der Waals surface area contributed by atoms with Crippen LogP contribution in [0.5, 0.6) is 11.5 Å². The van der Waals surface area contributed by atoms with Crippen molar-refractivity contribution in [2.45, 2.75) is 45.1 Å². The van der Waals surface area contributed by atoms with E-state index in [2.05, 4.69) is 15.0 Å². The van der Waals surface area contributed by atoms with Crippen molar-refractivity contribution in [1.29, 1.82) is 0 Å². The number of ether oxygens (including phenoxy) is 3. The van der Waals surface area contributed by atoms with Gasteiger partial charge in [-0.15, -0.1) is 0 Å². The summed E-state index contributed by atoms with van der Waals surface area (Å²) in [6.45, 7) is 5.40. The van der Waals surface area contributed by atoms with E-state index in [1.807, 2.05) is 26.2 Å². The normalized spacial score (nSPS) is 18.4. The van der Waals surface area contributed by atoms with Gasteiger partial charge >= 0.3 is 6.18 Å². The van der Waals surface area contributed by atoms with Crippen molar-refractivity contribution in [3.8, 4) is 22.8 Å². The Kier molecular flexibility index (Phi) is 7.33. The number of aryl methyl sites for hydroxylation is 2. The fourth-order valence-electron chi connectivity index (χ4n) is 4.73. The number of pyridine rings is 1. The molecule has 1 fully saturated rings. The summed E-state index contributed by atoms with van der Waals surface area (Å²) in [5, 5.41) is 4.35. The standard InChI is InChI=1S/C26H28ClF3N4O3/c1-16-19(12-33(2)32-16)14-34-5-7-36-25-18(13-34)8-17(9-23(25)37-15-21-4-3-6-35-21)24-22(27)10-20(11-31-24)26(28,29)30/h8-12,21H,3-7,13-15H2,1-2H3/t21-/m1/s1. The molecule has 2 aliphatic heterocycles. The van der Waals surface area contributed by atoms with Gasteiger partial charge in [0.2, 0.25) is 0 Å². The van der Waals surface area contributed by atoms with Crippen molar-refractivity contribution >= 4 is 11.6 Å². The van der Waals surface area contributed by atoms with Crippen molar-refractivity contribution in [1.82, 2.24) is 19.7 Å². The van der Waals surface area contributed by atoms with E-state index in [1.165, 1.54) is 0 Å². The van der Waals surface area contributed by atoms with Gasteiger partial charge in [0.05, 0.1) is 28.1 Å². The van der Waals surface area contributed by atoms with Crippen LogP contribution in [0.2, 0.25) is 5.02 Å². The molecule has 1 saturated heterocycles. The molecule has 0 N–H and O–H groups in total. The fraction of sp³-hybridized carbons (Fsp3) is 0.462. The highest BCUT2D eigenvalue weighted by atomic mass is 35.5. The van der Waals surface area contributed by atoms with Gasteiger partial charge < -0.3 is 14.2 Å². The van der Waals surface area contributed by atoms with Gasteiger partial charge in [-0.2, -0.15) is 18.3 Å². The maximum absolute atomic E-state index is 13.2. The summed E-state index contributed by atoms with van der Waals surface area (Å²) in [4.78, 5) is 6.31. The van der Waals surface area contributed by atoms with E-state index >= 15 is 0 Å². The van der Waals surface area contributed by atoms with E-state index in [4.69, 9.17) is 25.8 Å². The van der Waals surface area contributed by atoms with Crippen LogP contribution in [-0.4, -0.2) is 52.1 Å². The third-order valence-corrected chi connectivity index (χ3v) is 6.87. The lowest BCUT2D eigenvalue weighted by atomic mass is 10.0. The van der Waals surface area contributed by atoms with Crippen LogP contribution in [0.3, 0.4) is 0 Å². The molecule has 0 bridgehead atoms. The minimum absolute atomic E-state index is 0.0112. The molecule has 7 nitrogen and oxygen atoms in total. The second-order valence-electron chi connectivity index (χ2n) is 9.43. The van der Waals surface area contributed by atoms with Gasteiger partial charge in [0.1, 0.15) is 13.2 Å². The highest BCUT2D eigenvalue weighted by Crippen LogP contribution is 2.41. The average Bonchev–Trinajstić information content (AvgIpc) is 3.41. The summed E-state index contributed by atoms with van der Waals surface area (Å²) in [6, 6.07) is 4.50. The van der Waals surface area contributed by atoms with Gasteiger partial charge in [-0.05, 0) is 38.0 Å². The minimum Gasteiger partial charge on any atom is -0.488 e. The number of nitrogens with zero attached hydrogens (tertiary/aromatic N) is 4. The summed E-state index contributed by atoms with van der Waals surface area (Å²) in [5.74, 6) is 1.12. The molecule has 2 aromatic heterocycles. The lowest BCUT2D eigenvalue weighted by molar-refractivity contribution is -0.137. The highest BCUT2D eigenvalue weighted by molar-refractivity contribution is 6.33. The maximum Gasteiger partial charge on any atom is 0.417 e. The molecule has 198 valence electrons. The molecular weight excluding hydrogens is 509 g/mol. The summed E-state index contributed by atoms with van der Waals surface area (Å²) >= 11 is 6.30.